The van der Waals surface area contributed by atoms with Gasteiger partial charge in [0.2, 0.25) is 10.0 Å². The minimum Gasteiger partial charge on any atom is -0.496 e. The van der Waals surface area contributed by atoms with E-state index in [2.05, 4.69) is 4.72 Å². The summed E-state index contributed by atoms with van der Waals surface area (Å²) in [4.78, 5) is 0.108. The van der Waals surface area contributed by atoms with Gasteiger partial charge in [-0.05, 0) is 18.2 Å². The average Bonchev–Trinajstić information content (AvgIpc) is 2.68. The van der Waals surface area contributed by atoms with Crippen molar-refractivity contribution in [3.63, 3.8) is 0 Å². The van der Waals surface area contributed by atoms with E-state index in [-0.39, 0.29) is 11.4 Å². The van der Waals surface area contributed by atoms with Crippen LogP contribution in [0.2, 0.25) is 0 Å². The quantitative estimate of drug-likeness (QED) is 0.794. The normalized spacial score (nSPS) is 14.7. The van der Waals surface area contributed by atoms with Gasteiger partial charge in [-0.15, -0.1) is 0 Å². The molecule has 0 spiro atoms. The molecule has 1 heterocycles. The molecular formula is C18H21NO6S. The fourth-order valence-corrected chi connectivity index (χ4v) is 3.76. The fraction of sp³-hybridized carbons (Fsp3) is 0.333. The van der Waals surface area contributed by atoms with E-state index in [1.54, 1.807) is 19.2 Å². The van der Waals surface area contributed by atoms with Crippen LogP contribution < -0.4 is 18.9 Å². The molecule has 26 heavy (non-hydrogen) atoms. The highest BCUT2D eigenvalue weighted by Gasteiger charge is 2.22. The Bertz CT molecular complexity index is 868. The number of fused-ring (bicyclic) bond motifs is 1. The van der Waals surface area contributed by atoms with E-state index in [0.29, 0.717) is 30.5 Å². The summed E-state index contributed by atoms with van der Waals surface area (Å²) in [6.45, 7) is 0.906. The zero-order valence-corrected chi connectivity index (χ0v) is 15.4. The summed E-state index contributed by atoms with van der Waals surface area (Å²) in [6.07, 6.45) is -0.488. The largest absolute Gasteiger partial charge is 0.496 e. The maximum absolute atomic E-state index is 12.6. The van der Waals surface area contributed by atoms with Gasteiger partial charge < -0.3 is 18.9 Å². The Morgan fingerprint density at radius 3 is 2.54 bits per heavy atom. The fourth-order valence-electron chi connectivity index (χ4n) is 2.71. The van der Waals surface area contributed by atoms with E-state index < -0.39 is 16.1 Å². The predicted molar refractivity (Wildman–Crippen MR) is 95.4 cm³/mol. The maximum Gasteiger partial charge on any atom is 0.240 e. The lowest BCUT2D eigenvalue weighted by atomic mass is 10.1. The first-order valence-corrected chi connectivity index (χ1v) is 9.58. The lowest BCUT2D eigenvalue weighted by Gasteiger charge is -2.20. The number of nitrogens with one attached hydrogen (secondary N) is 1. The Morgan fingerprint density at radius 2 is 1.81 bits per heavy atom. The molecule has 0 amide bonds. The van der Waals surface area contributed by atoms with E-state index in [9.17, 15) is 8.42 Å². The SMILES string of the molecule is COc1ccccc1[C@@H](CNS(=O)(=O)c1ccc2c(c1)OCCO2)OC. The molecule has 1 atom stereocenters. The highest BCUT2D eigenvalue weighted by atomic mass is 32.2. The van der Waals surface area contributed by atoms with Crippen LogP contribution in [0.15, 0.2) is 47.4 Å². The van der Waals surface area contributed by atoms with Gasteiger partial charge in [0.1, 0.15) is 19.0 Å². The Hall–Kier alpha value is -2.29. The van der Waals surface area contributed by atoms with Gasteiger partial charge in [-0.2, -0.15) is 0 Å². The molecule has 0 radical (unpaired) electrons. The van der Waals surface area contributed by atoms with Gasteiger partial charge in [-0.3, -0.25) is 0 Å². The smallest absolute Gasteiger partial charge is 0.240 e. The molecule has 0 saturated heterocycles. The third kappa shape index (κ3) is 3.92. The first kappa shape index (κ1) is 18.5. The van der Waals surface area contributed by atoms with Gasteiger partial charge in [-0.25, -0.2) is 13.1 Å². The number of hydrogen-bond donors (Lipinski definition) is 1. The summed E-state index contributed by atoms with van der Waals surface area (Å²) < 4.78 is 49.5. The van der Waals surface area contributed by atoms with Crippen LogP contribution in [0.5, 0.6) is 17.2 Å². The van der Waals surface area contributed by atoms with E-state index in [0.717, 1.165) is 5.56 Å². The summed E-state index contributed by atoms with van der Waals surface area (Å²) >= 11 is 0. The van der Waals surface area contributed by atoms with Gasteiger partial charge in [0, 0.05) is 25.3 Å². The molecule has 8 heteroatoms. The van der Waals surface area contributed by atoms with Crippen molar-refractivity contribution in [2.45, 2.75) is 11.0 Å². The minimum absolute atomic E-state index is 0.0631. The third-order valence-electron chi connectivity index (χ3n) is 4.05. The van der Waals surface area contributed by atoms with E-state index in [1.807, 2.05) is 18.2 Å². The second-order valence-electron chi connectivity index (χ2n) is 5.62. The molecular weight excluding hydrogens is 358 g/mol. The number of methoxy groups -OCH3 is 2. The molecule has 2 aromatic rings. The van der Waals surface area contributed by atoms with Crippen molar-refractivity contribution in [1.29, 1.82) is 0 Å². The molecule has 0 aliphatic carbocycles. The van der Waals surface area contributed by atoms with Crippen molar-refractivity contribution in [1.82, 2.24) is 4.72 Å². The topological polar surface area (TPSA) is 83.1 Å². The van der Waals surface area contributed by atoms with E-state index in [4.69, 9.17) is 18.9 Å². The molecule has 2 aromatic carbocycles. The van der Waals surface area contributed by atoms with Crippen molar-refractivity contribution < 1.29 is 27.4 Å². The predicted octanol–water partition coefficient (Wildman–Crippen LogP) is 2.13. The number of hydrogen-bond acceptors (Lipinski definition) is 6. The zero-order chi connectivity index (χ0) is 18.6. The molecule has 0 fully saturated rings. The molecule has 0 unspecified atom stereocenters. The number of para-hydroxylation sites is 1. The molecule has 140 valence electrons. The second-order valence-corrected chi connectivity index (χ2v) is 7.39. The van der Waals surface area contributed by atoms with Crippen LogP contribution in [-0.4, -0.2) is 42.4 Å². The average molecular weight is 379 g/mol. The van der Waals surface area contributed by atoms with Crippen molar-refractivity contribution in [2.75, 3.05) is 34.0 Å². The summed E-state index contributed by atoms with van der Waals surface area (Å²) in [5.74, 6) is 1.60. The monoisotopic (exact) mass is 379 g/mol. The van der Waals surface area contributed by atoms with Crippen LogP contribution in [0.1, 0.15) is 11.7 Å². The van der Waals surface area contributed by atoms with Gasteiger partial charge in [0.15, 0.2) is 11.5 Å². The van der Waals surface area contributed by atoms with Crippen LogP contribution in [0.25, 0.3) is 0 Å². The van der Waals surface area contributed by atoms with Gasteiger partial charge >= 0.3 is 0 Å². The van der Waals surface area contributed by atoms with Crippen LogP contribution in [0, 0.1) is 0 Å². The van der Waals surface area contributed by atoms with E-state index in [1.165, 1.54) is 19.2 Å². The highest BCUT2D eigenvalue weighted by Crippen LogP contribution is 2.32. The molecule has 1 aliphatic heterocycles. The molecule has 3 rings (SSSR count). The molecule has 1 aliphatic rings. The van der Waals surface area contributed by atoms with Gasteiger partial charge in [0.25, 0.3) is 0 Å². The number of rotatable bonds is 7. The summed E-state index contributed by atoms with van der Waals surface area (Å²) in [5, 5.41) is 0. The van der Waals surface area contributed by atoms with Crippen molar-refractivity contribution in [2.24, 2.45) is 0 Å². The minimum atomic E-state index is -3.73. The van der Waals surface area contributed by atoms with Gasteiger partial charge in [-0.1, -0.05) is 18.2 Å². The van der Waals surface area contributed by atoms with Crippen LogP contribution in [0.4, 0.5) is 0 Å². The Morgan fingerprint density at radius 1 is 1.08 bits per heavy atom. The zero-order valence-electron chi connectivity index (χ0n) is 14.6. The standard InChI is InChI=1S/C18H21NO6S/c1-22-15-6-4-3-5-14(15)18(23-2)12-19-26(20,21)13-7-8-16-17(11-13)25-10-9-24-16/h3-8,11,18-19H,9-10,12H2,1-2H3/t18-/m1/s1. The molecule has 0 saturated carbocycles. The Labute approximate surface area is 152 Å². The van der Waals surface area contributed by atoms with E-state index >= 15 is 0 Å². The second kappa shape index (κ2) is 7.94. The lowest BCUT2D eigenvalue weighted by Crippen LogP contribution is -2.29. The van der Waals surface area contributed by atoms with Crippen molar-refractivity contribution in [3.8, 4) is 17.2 Å². The highest BCUT2D eigenvalue weighted by molar-refractivity contribution is 7.89. The van der Waals surface area contributed by atoms with Crippen molar-refractivity contribution >= 4 is 10.0 Å². The Kier molecular flexibility index (Phi) is 5.65. The van der Waals surface area contributed by atoms with Crippen molar-refractivity contribution in [3.05, 3.63) is 48.0 Å². The first-order valence-electron chi connectivity index (χ1n) is 8.10. The van der Waals surface area contributed by atoms with Crippen LogP contribution in [0.3, 0.4) is 0 Å². The molecule has 1 N–H and O–H groups in total. The molecule has 7 nitrogen and oxygen atoms in total. The number of benzene rings is 2. The van der Waals surface area contributed by atoms with Gasteiger partial charge in [0.05, 0.1) is 18.1 Å². The summed E-state index contributed by atoms with van der Waals surface area (Å²) in [7, 11) is -0.649. The van der Waals surface area contributed by atoms with Crippen LogP contribution >= 0.6 is 0 Å². The Balaban J connectivity index is 1.76. The molecule has 0 bridgehead atoms. The maximum atomic E-state index is 12.6. The van der Waals surface area contributed by atoms with Crippen LogP contribution in [-0.2, 0) is 14.8 Å². The third-order valence-corrected chi connectivity index (χ3v) is 5.47. The summed E-state index contributed by atoms with van der Waals surface area (Å²) in [6, 6.07) is 11.9. The molecule has 0 aromatic heterocycles. The number of ether oxygens (including phenoxy) is 4. The first-order chi connectivity index (χ1) is 12.5. The summed E-state index contributed by atoms with van der Waals surface area (Å²) in [5.41, 5.74) is 0.766. The lowest BCUT2D eigenvalue weighted by molar-refractivity contribution is 0.105. The number of sulfonamides is 1.